The van der Waals surface area contributed by atoms with Crippen molar-refractivity contribution in [2.45, 2.75) is 32.1 Å². The van der Waals surface area contributed by atoms with Crippen molar-refractivity contribution in [1.29, 1.82) is 0 Å². The zero-order valence-electron chi connectivity index (χ0n) is 9.43. The first-order valence-electron chi connectivity index (χ1n) is 5.96. The molecule has 1 aliphatic carbocycles. The largest absolute Gasteiger partial charge is 0.409 e. The molecule has 0 aromatic rings. The third kappa shape index (κ3) is 2.28. The summed E-state index contributed by atoms with van der Waals surface area (Å²) in [5, 5.41) is 11.7. The van der Waals surface area contributed by atoms with Crippen LogP contribution < -0.4 is 5.73 Å². The summed E-state index contributed by atoms with van der Waals surface area (Å²) in [6.07, 6.45) is 4.98. The quantitative estimate of drug-likeness (QED) is 0.322. The van der Waals surface area contributed by atoms with E-state index >= 15 is 0 Å². The molecule has 2 rings (SSSR count). The number of amides is 1. The maximum atomic E-state index is 11.7. The van der Waals surface area contributed by atoms with Crippen LogP contribution in [0, 0.1) is 11.8 Å². The van der Waals surface area contributed by atoms with E-state index in [9.17, 15) is 4.79 Å². The molecule has 5 heteroatoms. The highest BCUT2D eigenvalue weighted by atomic mass is 16.4. The zero-order valence-corrected chi connectivity index (χ0v) is 9.43. The molecule has 3 N–H and O–H groups in total. The highest BCUT2D eigenvalue weighted by Crippen LogP contribution is 2.29. The average Bonchev–Trinajstić information content (AvgIpc) is 2.24. The lowest BCUT2D eigenvalue weighted by molar-refractivity contribution is -0.135. The molecule has 0 aromatic carbocycles. The second-order valence-electron chi connectivity index (χ2n) is 4.86. The van der Waals surface area contributed by atoms with Crippen LogP contribution in [-0.2, 0) is 4.79 Å². The number of likely N-dealkylation sites (tertiary alicyclic amines) is 1. The van der Waals surface area contributed by atoms with E-state index in [-0.39, 0.29) is 17.7 Å². The van der Waals surface area contributed by atoms with Gasteiger partial charge in [0, 0.05) is 25.4 Å². The molecule has 2 aliphatic rings. The van der Waals surface area contributed by atoms with E-state index in [1.54, 1.807) is 0 Å². The first-order valence-corrected chi connectivity index (χ1v) is 5.96. The molecule has 0 aromatic heterocycles. The standard InChI is InChI=1S/C11H19N3O2/c12-11(13-16)9-4-5-10(15)14(7-9)6-8-2-1-3-8/h8-9,16H,1-7H2,(H2,12,13). The SMILES string of the molecule is N/C(=N\O)C1CCC(=O)N(CC2CCC2)C1. The third-order valence-corrected chi connectivity index (χ3v) is 3.74. The maximum Gasteiger partial charge on any atom is 0.222 e. The number of carbonyl (C=O) groups excluding carboxylic acids is 1. The lowest BCUT2D eigenvalue weighted by Gasteiger charge is -2.37. The predicted octanol–water partition coefficient (Wildman–Crippen LogP) is 0.771. The van der Waals surface area contributed by atoms with Gasteiger partial charge in [0.15, 0.2) is 0 Å². The first kappa shape index (κ1) is 11.2. The Kier molecular flexibility index (Phi) is 3.31. The number of rotatable bonds is 3. The number of oxime groups is 1. The van der Waals surface area contributed by atoms with E-state index in [2.05, 4.69) is 5.16 Å². The van der Waals surface area contributed by atoms with Gasteiger partial charge in [-0.25, -0.2) is 0 Å². The van der Waals surface area contributed by atoms with E-state index in [1.807, 2.05) is 4.90 Å². The molecular weight excluding hydrogens is 206 g/mol. The minimum Gasteiger partial charge on any atom is -0.409 e. The van der Waals surface area contributed by atoms with Gasteiger partial charge in [0.2, 0.25) is 5.91 Å². The molecule has 1 amide bonds. The minimum atomic E-state index is 0.0303. The second-order valence-corrected chi connectivity index (χ2v) is 4.86. The number of piperidine rings is 1. The highest BCUT2D eigenvalue weighted by molar-refractivity contribution is 5.86. The van der Waals surface area contributed by atoms with Gasteiger partial charge in [-0.2, -0.15) is 0 Å². The molecular formula is C11H19N3O2. The topological polar surface area (TPSA) is 78.9 Å². The Morgan fingerprint density at radius 2 is 2.25 bits per heavy atom. The van der Waals surface area contributed by atoms with Crippen LogP contribution >= 0.6 is 0 Å². The predicted molar refractivity (Wildman–Crippen MR) is 60.1 cm³/mol. The first-order chi connectivity index (χ1) is 7.70. The Labute approximate surface area is 95.3 Å². The van der Waals surface area contributed by atoms with Crippen LogP contribution in [0.25, 0.3) is 0 Å². The van der Waals surface area contributed by atoms with Crippen LogP contribution in [-0.4, -0.2) is 34.9 Å². The number of hydrogen-bond acceptors (Lipinski definition) is 3. The van der Waals surface area contributed by atoms with Gasteiger partial charge in [-0.05, 0) is 25.2 Å². The van der Waals surface area contributed by atoms with Crippen molar-refractivity contribution < 1.29 is 10.0 Å². The number of hydrogen-bond donors (Lipinski definition) is 2. The van der Waals surface area contributed by atoms with E-state index in [0.29, 0.717) is 25.3 Å². The van der Waals surface area contributed by atoms with Gasteiger partial charge in [-0.15, -0.1) is 0 Å². The van der Waals surface area contributed by atoms with Crippen LogP contribution in [0.2, 0.25) is 0 Å². The van der Waals surface area contributed by atoms with Crippen molar-refractivity contribution in [2.24, 2.45) is 22.7 Å². The van der Waals surface area contributed by atoms with Gasteiger partial charge in [0.05, 0.1) is 0 Å². The average molecular weight is 225 g/mol. The lowest BCUT2D eigenvalue weighted by atomic mass is 9.84. The molecule has 0 bridgehead atoms. The summed E-state index contributed by atoms with van der Waals surface area (Å²) in [7, 11) is 0. The fourth-order valence-electron chi connectivity index (χ4n) is 2.40. The summed E-state index contributed by atoms with van der Waals surface area (Å²) < 4.78 is 0. The fraction of sp³-hybridized carbons (Fsp3) is 0.818. The molecule has 1 aliphatic heterocycles. The molecule has 1 heterocycles. The van der Waals surface area contributed by atoms with Crippen LogP contribution in [0.15, 0.2) is 5.16 Å². The molecule has 0 radical (unpaired) electrons. The highest BCUT2D eigenvalue weighted by Gasteiger charge is 2.30. The van der Waals surface area contributed by atoms with Crippen molar-refractivity contribution in [3.05, 3.63) is 0 Å². The fourth-order valence-corrected chi connectivity index (χ4v) is 2.40. The lowest BCUT2D eigenvalue weighted by Crippen LogP contribution is -2.47. The second kappa shape index (κ2) is 4.72. The Morgan fingerprint density at radius 1 is 1.50 bits per heavy atom. The summed E-state index contributed by atoms with van der Waals surface area (Å²) in [4.78, 5) is 13.6. The van der Waals surface area contributed by atoms with Gasteiger partial charge >= 0.3 is 0 Å². The Bertz CT molecular complexity index is 300. The Balaban J connectivity index is 1.91. The minimum absolute atomic E-state index is 0.0303. The molecule has 16 heavy (non-hydrogen) atoms. The van der Waals surface area contributed by atoms with Crippen molar-refractivity contribution in [3.8, 4) is 0 Å². The van der Waals surface area contributed by atoms with Crippen LogP contribution in [0.5, 0.6) is 0 Å². The van der Waals surface area contributed by atoms with Crippen LogP contribution in [0.1, 0.15) is 32.1 Å². The Hall–Kier alpha value is -1.26. The molecule has 5 nitrogen and oxygen atoms in total. The van der Waals surface area contributed by atoms with Gasteiger partial charge in [0.25, 0.3) is 0 Å². The van der Waals surface area contributed by atoms with Crippen LogP contribution in [0.4, 0.5) is 0 Å². The van der Waals surface area contributed by atoms with Gasteiger partial charge < -0.3 is 15.8 Å². The van der Waals surface area contributed by atoms with Crippen molar-refractivity contribution in [1.82, 2.24) is 4.90 Å². The molecule has 0 spiro atoms. The van der Waals surface area contributed by atoms with E-state index < -0.39 is 0 Å². The monoisotopic (exact) mass is 225 g/mol. The van der Waals surface area contributed by atoms with E-state index in [4.69, 9.17) is 10.9 Å². The normalized spacial score (nSPS) is 28.0. The zero-order chi connectivity index (χ0) is 11.5. The van der Waals surface area contributed by atoms with Gasteiger partial charge in [-0.1, -0.05) is 11.6 Å². The van der Waals surface area contributed by atoms with E-state index in [1.165, 1.54) is 19.3 Å². The summed E-state index contributed by atoms with van der Waals surface area (Å²) in [5.41, 5.74) is 5.59. The molecule has 2 fully saturated rings. The maximum absolute atomic E-state index is 11.7. The number of amidine groups is 1. The molecule has 1 unspecified atom stereocenters. The molecule has 1 atom stereocenters. The van der Waals surface area contributed by atoms with Crippen molar-refractivity contribution >= 4 is 11.7 Å². The smallest absolute Gasteiger partial charge is 0.222 e. The number of nitrogens with two attached hydrogens (primary N) is 1. The number of nitrogens with zero attached hydrogens (tertiary/aromatic N) is 2. The third-order valence-electron chi connectivity index (χ3n) is 3.74. The Morgan fingerprint density at radius 3 is 2.81 bits per heavy atom. The summed E-state index contributed by atoms with van der Waals surface area (Å²) in [5.74, 6) is 1.18. The molecule has 1 saturated carbocycles. The number of carbonyl (C=O) groups is 1. The summed E-state index contributed by atoms with van der Waals surface area (Å²) >= 11 is 0. The van der Waals surface area contributed by atoms with Gasteiger partial charge in [-0.3, -0.25) is 4.79 Å². The van der Waals surface area contributed by atoms with Crippen molar-refractivity contribution in [2.75, 3.05) is 13.1 Å². The van der Waals surface area contributed by atoms with Gasteiger partial charge in [0.1, 0.15) is 5.84 Å². The van der Waals surface area contributed by atoms with Crippen LogP contribution in [0.3, 0.4) is 0 Å². The molecule has 90 valence electrons. The van der Waals surface area contributed by atoms with E-state index in [0.717, 1.165) is 6.54 Å². The van der Waals surface area contributed by atoms with Crippen molar-refractivity contribution in [3.63, 3.8) is 0 Å². The summed E-state index contributed by atoms with van der Waals surface area (Å²) in [6, 6.07) is 0. The summed E-state index contributed by atoms with van der Waals surface area (Å²) in [6.45, 7) is 1.47. The molecule has 1 saturated heterocycles.